The van der Waals surface area contributed by atoms with Gasteiger partial charge in [0.1, 0.15) is 0 Å². The van der Waals surface area contributed by atoms with Crippen molar-refractivity contribution in [2.24, 2.45) is 0 Å². The van der Waals surface area contributed by atoms with Crippen LogP contribution in [0, 0.1) is 0 Å². The Hall–Kier alpha value is -0.850. The van der Waals surface area contributed by atoms with Gasteiger partial charge >= 0.3 is 0 Å². The van der Waals surface area contributed by atoms with E-state index in [1.807, 2.05) is 19.1 Å². The van der Waals surface area contributed by atoms with Gasteiger partial charge in [-0.1, -0.05) is 0 Å². The van der Waals surface area contributed by atoms with E-state index in [2.05, 4.69) is 42.2 Å². The van der Waals surface area contributed by atoms with Gasteiger partial charge < -0.3 is 15.4 Å². The standard InChI is InChI=1S/C14H16Br2N2O2/c1-7(3-8(2)19)18-14(20)10-6-17-13-5-12(16)11(15)4-9(10)13/h4-8,17,19H,3H2,1-2H3,(H,18,20). The second-order valence-electron chi connectivity index (χ2n) is 4.97. The fraction of sp³-hybridized carbons (Fsp3) is 0.357. The average Bonchev–Trinajstić information content (AvgIpc) is 2.71. The number of aromatic nitrogens is 1. The Balaban J connectivity index is 2.24. The highest BCUT2D eigenvalue weighted by molar-refractivity contribution is 9.13. The first-order valence-electron chi connectivity index (χ1n) is 6.33. The molecule has 3 N–H and O–H groups in total. The van der Waals surface area contributed by atoms with E-state index in [1.54, 1.807) is 13.1 Å². The van der Waals surface area contributed by atoms with Crippen molar-refractivity contribution in [3.05, 3.63) is 32.8 Å². The fourth-order valence-electron chi connectivity index (χ4n) is 2.18. The number of H-pyrrole nitrogens is 1. The van der Waals surface area contributed by atoms with E-state index in [0.717, 1.165) is 19.8 Å². The first kappa shape index (κ1) is 15.5. The van der Waals surface area contributed by atoms with Gasteiger partial charge in [-0.05, 0) is 64.3 Å². The van der Waals surface area contributed by atoms with Crippen LogP contribution in [-0.2, 0) is 0 Å². The van der Waals surface area contributed by atoms with Gasteiger partial charge in [-0.15, -0.1) is 0 Å². The van der Waals surface area contributed by atoms with Gasteiger partial charge in [0.2, 0.25) is 0 Å². The number of carbonyl (C=O) groups is 1. The molecule has 1 aromatic carbocycles. The summed E-state index contributed by atoms with van der Waals surface area (Å²) in [6.07, 6.45) is 1.80. The highest BCUT2D eigenvalue weighted by Gasteiger charge is 2.16. The number of hydrogen-bond donors (Lipinski definition) is 3. The number of hydrogen-bond acceptors (Lipinski definition) is 2. The number of halogens is 2. The van der Waals surface area contributed by atoms with Gasteiger partial charge in [0.25, 0.3) is 5.91 Å². The van der Waals surface area contributed by atoms with Crippen molar-refractivity contribution in [1.29, 1.82) is 0 Å². The lowest BCUT2D eigenvalue weighted by atomic mass is 10.1. The quantitative estimate of drug-likeness (QED) is 0.730. The topological polar surface area (TPSA) is 65.1 Å². The molecule has 6 heteroatoms. The molecule has 0 aliphatic rings. The van der Waals surface area contributed by atoms with Crippen molar-refractivity contribution in [3.8, 4) is 0 Å². The van der Waals surface area contributed by atoms with Crippen molar-refractivity contribution in [3.63, 3.8) is 0 Å². The summed E-state index contributed by atoms with van der Waals surface area (Å²) in [6, 6.07) is 3.76. The van der Waals surface area contributed by atoms with Crippen molar-refractivity contribution < 1.29 is 9.90 Å². The molecule has 108 valence electrons. The van der Waals surface area contributed by atoms with Crippen LogP contribution >= 0.6 is 31.9 Å². The summed E-state index contributed by atoms with van der Waals surface area (Å²) in [5, 5.41) is 13.1. The second-order valence-corrected chi connectivity index (χ2v) is 6.68. The summed E-state index contributed by atoms with van der Waals surface area (Å²) in [4.78, 5) is 15.4. The Morgan fingerprint density at radius 1 is 1.35 bits per heavy atom. The van der Waals surface area contributed by atoms with E-state index in [9.17, 15) is 9.90 Å². The van der Waals surface area contributed by atoms with Gasteiger partial charge in [-0.2, -0.15) is 0 Å². The molecule has 0 saturated carbocycles. The first-order valence-corrected chi connectivity index (χ1v) is 7.92. The third-order valence-corrected chi connectivity index (χ3v) is 4.88. The number of aliphatic hydroxyl groups is 1. The molecule has 2 aromatic rings. The minimum absolute atomic E-state index is 0.0775. The highest BCUT2D eigenvalue weighted by Crippen LogP contribution is 2.30. The van der Waals surface area contributed by atoms with Crippen LogP contribution in [0.25, 0.3) is 10.9 Å². The Morgan fingerprint density at radius 3 is 2.65 bits per heavy atom. The SMILES string of the molecule is CC(O)CC(C)NC(=O)c1c[nH]c2cc(Br)c(Br)cc12. The zero-order valence-corrected chi connectivity index (χ0v) is 14.4. The molecule has 20 heavy (non-hydrogen) atoms. The maximum absolute atomic E-state index is 12.3. The Labute approximate surface area is 134 Å². The molecule has 2 rings (SSSR count). The van der Waals surface area contributed by atoms with Gasteiger partial charge in [-0.25, -0.2) is 0 Å². The number of carbonyl (C=O) groups excluding carboxylic acids is 1. The summed E-state index contributed by atoms with van der Waals surface area (Å²) in [5.74, 6) is -0.140. The predicted molar refractivity (Wildman–Crippen MR) is 86.9 cm³/mol. The van der Waals surface area contributed by atoms with Crippen LogP contribution in [0.5, 0.6) is 0 Å². The smallest absolute Gasteiger partial charge is 0.253 e. The van der Waals surface area contributed by atoms with Crippen molar-refractivity contribution in [2.45, 2.75) is 32.4 Å². The van der Waals surface area contributed by atoms with E-state index in [-0.39, 0.29) is 11.9 Å². The third-order valence-electron chi connectivity index (χ3n) is 3.04. The molecule has 0 aliphatic heterocycles. The summed E-state index contributed by atoms with van der Waals surface area (Å²) < 4.78 is 1.83. The number of fused-ring (bicyclic) bond motifs is 1. The molecule has 1 amide bonds. The van der Waals surface area contributed by atoms with Crippen LogP contribution in [-0.4, -0.2) is 28.1 Å². The van der Waals surface area contributed by atoms with Gasteiger partial charge in [-0.3, -0.25) is 4.79 Å². The largest absolute Gasteiger partial charge is 0.393 e. The monoisotopic (exact) mass is 402 g/mol. The Morgan fingerprint density at radius 2 is 2.00 bits per heavy atom. The van der Waals surface area contributed by atoms with Gasteiger partial charge in [0.05, 0.1) is 11.7 Å². The van der Waals surface area contributed by atoms with E-state index in [1.165, 1.54) is 0 Å². The number of nitrogens with one attached hydrogen (secondary N) is 2. The van der Waals surface area contributed by atoms with E-state index in [0.29, 0.717) is 12.0 Å². The molecule has 0 bridgehead atoms. The van der Waals surface area contributed by atoms with Crippen LogP contribution in [0.4, 0.5) is 0 Å². The van der Waals surface area contributed by atoms with Gasteiger partial charge in [0, 0.05) is 32.1 Å². The summed E-state index contributed by atoms with van der Waals surface area (Å²) in [6.45, 7) is 3.59. The fourth-order valence-corrected chi connectivity index (χ4v) is 2.86. The normalized spacial score (nSPS) is 14.2. The maximum atomic E-state index is 12.3. The molecule has 2 unspecified atom stereocenters. The molecule has 0 fully saturated rings. The van der Waals surface area contributed by atoms with E-state index >= 15 is 0 Å². The third kappa shape index (κ3) is 3.42. The summed E-state index contributed by atoms with van der Waals surface area (Å²) >= 11 is 6.88. The zero-order valence-electron chi connectivity index (χ0n) is 11.2. The molecule has 2 atom stereocenters. The van der Waals surface area contributed by atoms with Crippen molar-refractivity contribution in [2.75, 3.05) is 0 Å². The lowest BCUT2D eigenvalue weighted by Gasteiger charge is -2.15. The van der Waals surface area contributed by atoms with Crippen molar-refractivity contribution in [1.82, 2.24) is 10.3 Å². The second kappa shape index (κ2) is 6.28. The minimum atomic E-state index is -0.432. The van der Waals surface area contributed by atoms with Crippen LogP contribution in [0.1, 0.15) is 30.6 Å². The molecule has 1 aromatic heterocycles. The van der Waals surface area contributed by atoms with Gasteiger partial charge in [0.15, 0.2) is 0 Å². The molecular formula is C14H16Br2N2O2. The number of aliphatic hydroxyl groups excluding tert-OH is 1. The molecule has 0 radical (unpaired) electrons. The number of amides is 1. The molecule has 0 spiro atoms. The molecule has 4 nitrogen and oxygen atoms in total. The first-order chi connectivity index (χ1) is 9.38. The van der Waals surface area contributed by atoms with Crippen LogP contribution in [0.3, 0.4) is 0 Å². The molecule has 0 aliphatic carbocycles. The summed E-state index contributed by atoms with van der Waals surface area (Å²) in [7, 11) is 0. The zero-order chi connectivity index (χ0) is 14.9. The Bertz CT molecular complexity index is 637. The lowest BCUT2D eigenvalue weighted by molar-refractivity contribution is 0.0924. The average molecular weight is 404 g/mol. The highest BCUT2D eigenvalue weighted by atomic mass is 79.9. The lowest BCUT2D eigenvalue weighted by Crippen LogP contribution is -2.34. The number of rotatable bonds is 4. The number of aromatic amines is 1. The molecule has 1 heterocycles. The van der Waals surface area contributed by atoms with E-state index in [4.69, 9.17) is 0 Å². The minimum Gasteiger partial charge on any atom is -0.393 e. The van der Waals surface area contributed by atoms with Crippen LogP contribution in [0.2, 0.25) is 0 Å². The summed E-state index contributed by atoms with van der Waals surface area (Å²) in [5.41, 5.74) is 1.50. The van der Waals surface area contributed by atoms with E-state index < -0.39 is 6.10 Å². The number of benzene rings is 1. The molecule has 0 saturated heterocycles. The Kier molecular flexibility index (Phi) is 4.88. The van der Waals surface area contributed by atoms with Crippen LogP contribution < -0.4 is 5.32 Å². The van der Waals surface area contributed by atoms with Crippen molar-refractivity contribution >= 4 is 48.7 Å². The predicted octanol–water partition coefficient (Wildman–Crippen LogP) is 3.58. The molecular weight excluding hydrogens is 388 g/mol. The maximum Gasteiger partial charge on any atom is 0.253 e. The van der Waals surface area contributed by atoms with Crippen LogP contribution in [0.15, 0.2) is 27.3 Å².